The largest absolute Gasteiger partial charge is 0.389 e. The van der Waals surface area contributed by atoms with Gasteiger partial charge in [0.2, 0.25) is 0 Å². The number of nitrogens with one attached hydrogen (secondary N) is 1. The molecule has 72 valence electrons. The van der Waals surface area contributed by atoms with Crippen LogP contribution in [0.4, 0.5) is 5.82 Å². The molecule has 0 unspecified atom stereocenters. The van der Waals surface area contributed by atoms with E-state index >= 15 is 0 Å². The van der Waals surface area contributed by atoms with Gasteiger partial charge in [0, 0.05) is 12.7 Å². The summed E-state index contributed by atoms with van der Waals surface area (Å²) >= 11 is 0. The molecule has 2 N–H and O–H groups in total. The van der Waals surface area contributed by atoms with E-state index in [1.807, 2.05) is 12.1 Å². The van der Waals surface area contributed by atoms with Gasteiger partial charge >= 0.3 is 0 Å². The van der Waals surface area contributed by atoms with Crippen LogP contribution in [0, 0.1) is 0 Å². The molecule has 0 aliphatic rings. The van der Waals surface area contributed by atoms with Gasteiger partial charge in [-0.2, -0.15) is 0 Å². The molecule has 3 heteroatoms. The summed E-state index contributed by atoms with van der Waals surface area (Å²) in [7, 11) is 0. The van der Waals surface area contributed by atoms with Crippen LogP contribution < -0.4 is 5.32 Å². The Morgan fingerprint density at radius 2 is 2.31 bits per heavy atom. The van der Waals surface area contributed by atoms with Crippen molar-refractivity contribution in [2.24, 2.45) is 0 Å². The molecule has 0 aliphatic carbocycles. The maximum absolute atomic E-state index is 9.23. The predicted molar refractivity (Wildman–Crippen MR) is 53.7 cm³/mol. The van der Waals surface area contributed by atoms with E-state index < -0.39 is 6.10 Å². The Morgan fingerprint density at radius 1 is 1.54 bits per heavy atom. The Labute approximate surface area is 78.8 Å². The first-order valence-corrected chi connectivity index (χ1v) is 4.62. The molecule has 0 aliphatic heterocycles. The summed E-state index contributed by atoms with van der Waals surface area (Å²) in [6.07, 6.45) is 2.34. The third kappa shape index (κ3) is 3.03. The molecule has 0 saturated carbocycles. The zero-order valence-electron chi connectivity index (χ0n) is 8.12. The minimum atomic E-state index is -0.437. The number of anilines is 1. The van der Waals surface area contributed by atoms with Crippen LogP contribution in [0.25, 0.3) is 0 Å². The summed E-state index contributed by atoms with van der Waals surface area (Å²) in [6, 6.07) is 3.77. The molecular weight excluding hydrogens is 164 g/mol. The smallest absolute Gasteiger partial charge is 0.125 e. The van der Waals surface area contributed by atoms with Crippen molar-refractivity contribution in [1.82, 2.24) is 4.98 Å². The molecule has 0 bridgehead atoms. The van der Waals surface area contributed by atoms with E-state index in [1.165, 1.54) is 0 Å². The number of pyridine rings is 1. The molecule has 0 aromatic carbocycles. The number of hydrogen-bond acceptors (Lipinski definition) is 3. The van der Waals surface area contributed by atoms with Crippen molar-refractivity contribution in [3.05, 3.63) is 23.9 Å². The minimum absolute atomic E-state index is 0.437. The van der Waals surface area contributed by atoms with Crippen LogP contribution >= 0.6 is 0 Å². The molecule has 1 aromatic rings. The first kappa shape index (κ1) is 9.99. The van der Waals surface area contributed by atoms with Crippen molar-refractivity contribution in [3.8, 4) is 0 Å². The number of aliphatic hydroxyl groups is 1. The Balaban J connectivity index is 2.59. The third-order valence-corrected chi connectivity index (χ3v) is 1.82. The highest BCUT2D eigenvalue weighted by Gasteiger charge is 2.00. The lowest BCUT2D eigenvalue weighted by atomic mass is 10.2. The van der Waals surface area contributed by atoms with E-state index in [0.717, 1.165) is 24.3 Å². The van der Waals surface area contributed by atoms with Crippen molar-refractivity contribution in [2.45, 2.75) is 26.4 Å². The fraction of sp³-hybridized carbons (Fsp3) is 0.500. The highest BCUT2D eigenvalue weighted by Crippen LogP contribution is 2.12. The van der Waals surface area contributed by atoms with Crippen LogP contribution in [0.15, 0.2) is 18.3 Å². The van der Waals surface area contributed by atoms with Crippen LogP contribution in [0.1, 0.15) is 31.9 Å². The van der Waals surface area contributed by atoms with Crippen molar-refractivity contribution in [1.29, 1.82) is 0 Å². The second kappa shape index (κ2) is 4.82. The number of aliphatic hydroxyl groups excluding tert-OH is 1. The van der Waals surface area contributed by atoms with Crippen LogP contribution in [0.5, 0.6) is 0 Å². The first-order valence-electron chi connectivity index (χ1n) is 4.62. The lowest BCUT2D eigenvalue weighted by Gasteiger charge is -2.06. The minimum Gasteiger partial charge on any atom is -0.389 e. The fourth-order valence-corrected chi connectivity index (χ4v) is 1.01. The van der Waals surface area contributed by atoms with Crippen molar-refractivity contribution >= 4 is 5.82 Å². The molecule has 1 aromatic heterocycles. The summed E-state index contributed by atoms with van der Waals surface area (Å²) in [4.78, 5) is 4.17. The summed E-state index contributed by atoms with van der Waals surface area (Å²) < 4.78 is 0. The Hall–Kier alpha value is -1.09. The van der Waals surface area contributed by atoms with Gasteiger partial charge in [0.25, 0.3) is 0 Å². The average molecular weight is 180 g/mol. The van der Waals surface area contributed by atoms with Crippen LogP contribution in [-0.4, -0.2) is 16.6 Å². The Bertz CT molecular complexity index is 244. The molecule has 0 spiro atoms. The van der Waals surface area contributed by atoms with Gasteiger partial charge in [-0.05, 0) is 25.0 Å². The van der Waals surface area contributed by atoms with E-state index in [1.54, 1.807) is 13.1 Å². The average Bonchev–Trinajstić information content (AvgIpc) is 2.15. The van der Waals surface area contributed by atoms with E-state index in [-0.39, 0.29) is 0 Å². The van der Waals surface area contributed by atoms with Crippen molar-refractivity contribution < 1.29 is 5.11 Å². The Kier molecular flexibility index (Phi) is 3.71. The summed E-state index contributed by atoms with van der Waals surface area (Å²) in [5.41, 5.74) is 0.849. The van der Waals surface area contributed by atoms with Gasteiger partial charge in [-0.15, -0.1) is 0 Å². The van der Waals surface area contributed by atoms with Crippen molar-refractivity contribution in [2.75, 3.05) is 11.9 Å². The number of aromatic nitrogens is 1. The Morgan fingerprint density at radius 3 is 2.77 bits per heavy atom. The van der Waals surface area contributed by atoms with Gasteiger partial charge in [0.05, 0.1) is 6.10 Å². The summed E-state index contributed by atoms with van der Waals surface area (Å²) in [5, 5.41) is 12.4. The topological polar surface area (TPSA) is 45.1 Å². The number of nitrogens with zero attached hydrogens (tertiary/aromatic N) is 1. The van der Waals surface area contributed by atoms with Gasteiger partial charge < -0.3 is 10.4 Å². The molecule has 0 saturated heterocycles. The van der Waals surface area contributed by atoms with Crippen LogP contribution in [0.3, 0.4) is 0 Å². The first-order chi connectivity index (χ1) is 6.24. The molecule has 1 rings (SSSR count). The second-order valence-corrected chi connectivity index (χ2v) is 3.08. The molecule has 13 heavy (non-hydrogen) atoms. The molecular formula is C10H16N2O. The summed E-state index contributed by atoms with van der Waals surface area (Å²) in [6.45, 7) is 4.77. The zero-order chi connectivity index (χ0) is 9.68. The third-order valence-electron chi connectivity index (χ3n) is 1.82. The predicted octanol–water partition coefficient (Wildman–Crippen LogP) is 1.96. The molecule has 1 heterocycles. The summed E-state index contributed by atoms with van der Waals surface area (Å²) in [5.74, 6) is 0.867. The highest BCUT2D eigenvalue weighted by atomic mass is 16.3. The van der Waals surface area contributed by atoms with Gasteiger partial charge in [-0.1, -0.05) is 13.0 Å². The molecule has 0 fully saturated rings. The maximum Gasteiger partial charge on any atom is 0.125 e. The maximum atomic E-state index is 9.23. The zero-order valence-corrected chi connectivity index (χ0v) is 8.12. The highest BCUT2D eigenvalue weighted by molar-refractivity contribution is 5.35. The SMILES string of the molecule is CCCNc1ccc([C@@H](C)O)cn1. The molecule has 1 atom stereocenters. The van der Waals surface area contributed by atoms with Gasteiger partial charge in [0.1, 0.15) is 5.82 Å². The fourth-order valence-electron chi connectivity index (χ4n) is 1.01. The monoisotopic (exact) mass is 180 g/mol. The van der Waals surface area contributed by atoms with Gasteiger partial charge in [0.15, 0.2) is 0 Å². The molecule has 0 amide bonds. The standard InChI is InChI=1S/C10H16N2O/c1-3-6-11-10-5-4-9(7-12-10)8(2)13/h4-5,7-8,13H,3,6H2,1-2H3,(H,11,12)/t8-/m1/s1. The lowest BCUT2D eigenvalue weighted by molar-refractivity contribution is 0.199. The quantitative estimate of drug-likeness (QED) is 0.744. The van der Waals surface area contributed by atoms with Crippen LogP contribution in [-0.2, 0) is 0 Å². The molecule has 0 radical (unpaired) electrons. The number of rotatable bonds is 4. The van der Waals surface area contributed by atoms with Gasteiger partial charge in [-0.3, -0.25) is 0 Å². The van der Waals surface area contributed by atoms with Crippen molar-refractivity contribution in [3.63, 3.8) is 0 Å². The molecule has 3 nitrogen and oxygen atoms in total. The normalized spacial score (nSPS) is 12.5. The lowest BCUT2D eigenvalue weighted by Crippen LogP contribution is -2.02. The number of hydrogen-bond donors (Lipinski definition) is 2. The van der Waals surface area contributed by atoms with E-state index in [0.29, 0.717) is 0 Å². The van der Waals surface area contributed by atoms with E-state index in [2.05, 4.69) is 17.2 Å². The van der Waals surface area contributed by atoms with E-state index in [4.69, 9.17) is 0 Å². The van der Waals surface area contributed by atoms with Gasteiger partial charge in [-0.25, -0.2) is 4.98 Å². The van der Waals surface area contributed by atoms with Crippen LogP contribution in [0.2, 0.25) is 0 Å². The van der Waals surface area contributed by atoms with E-state index in [9.17, 15) is 5.11 Å². The second-order valence-electron chi connectivity index (χ2n) is 3.08.